The summed E-state index contributed by atoms with van der Waals surface area (Å²) in [7, 11) is 0. The molecular formula is C13H17N2NaO5. The molecular weight excluding hydrogens is 287 g/mol. The number of carbonyl (C=O) groups is 3. The van der Waals surface area contributed by atoms with E-state index in [2.05, 4.69) is 5.32 Å². The third-order valence-electron chi connectivity index (χ3n) is 3.29. The summed E-state index contributed by atoms with van der Waals surface area (Å²) < 4.78 is 5.63. The van der Waals surface area contributed by atoms with Gasteiger partial charge in [-0.25, -0.2) is 0 Å². The Morgan fingerprint density at radius 2 is 1.95 bits per heavy atom. The van der Waals surface area contributed by atoms with Crippen molar-refractivity contribution in [3.63, 3.8) is 0 Å². The van der Waals surface area contributed by atoms with E-state index < -0.39 is 23.5 Å². The summed E-state index contributed by atoms with van der Waals surface area (Å²) in [5.74, 6) is -2.38. The van der Waals surface area contributed by atoms with Crippen LogP contribution in [0.25, 0.3) is 0 Å². The Labute approximate surface area is 145 Å². The zero-order valence-corrected chi connectivity index (χ0v) is 14.9. The van der Waals surface area contributed by atoms with E-state index in [0.717, 1.165) is 4.90 Å². The monoisotopic (exact) mass is 304 g/mol. The molecule has 2 aliphatic rings. The minimum Gasteiger partial charge on any atom is -0.543 e. The summed E-state index contributed by atoms with van der Waals surface area (Å²) in [6.45, 7) is 6.87. The molecule has 2 aliphatic heterocycles. The van der Waals surface area contributed by atoms with E-state index in [9.17, 15) is 19.5 Å². The van der Waals surface area contributed by atoms with Crippen LogP contribution in [0.15, 0.2) is 11.5 Å². The van der Waals surface area contributed by atoms with Crippen LogP contribution in [0, 0.1) is 11.3 Å². The minimum absolute atomic E-state index is 0. The minimum atomic E-state index is -1.43. The van der Waals surface area contributed by atoms with E-state index in [1.54, 1.807) is 20.8 Å². The molecule has 2 amide bonds. The molecule has 7 nitrogen and oxygen atoms in total. The molecule has 2 heterocycles. The number of β-lactam (4-membered cyclic amide) rings is 1. The number of allylic oxidation sites excluding steroid dienone is 1. The molecule has 0 radical (unpaired) electrons. The Hall–Kier alpha value is -1.05. The van der Waals surface area contributed by atoms with Gasteiger partial charge in [0.05, 0.1) is 5.97 Å². The smallest absolute Gasteiger partial charge is 0.543 e. The molecule has 0 aromatic rings. The average molecular weight is 304 g/mol. The van der Waals surface area contributed by atoms with Crippen LogP contribution >= 0.6 is 0 Å². The normalized spacial score (nSPS) is 23.8. The van der Waals surface area contributed by atoms with Gasteiger partial charge in [-0.1, -0.05) is 20.8 Å². The number of nitrogens with zero attached hydrogens (tertiary/aromatic N) is 1. The first-order valence-electron chi connectivity index (χ1n) is 6.35. The van der Waals surface area contributed by atoms with Gasteiger partial charge in [0.25, 0.3) is 0 Å². The molecule has 1 N–H and O–H groups in total. The van der Waals surface area contributed by atoms with Gasteiger partial charge in [-0.05, 0) is 0 Å². The summed E-state index contributed by atoms with van der Waals surface area (Å²) in [6.07, 6.45) is -0.670. The van der Waals surface area contributed by atoms with Crippen molar-refractivity contribution < 1.29 is 53.8 Å². The van der Waals surface area contributed by atoms with Crippen LogP contribution in [0.3, 0.4) is 0 Å². The maximum absolute atomic E-state index is 12.0. The second kappa shape index (κ2) is 5.98. The standard InChI is InChI=1S/C13H18N2O5.Na/c1-6(16)14-5-7-10(17)15-8(12(18)19)9(13(2,3)4)20-11(7)15;/h7,11H,5H2,1-4H3,(H,14,16)(H,18,19);/q;+1/p-1/t7-,11+;/m0./s1. The Kier molecular flexibility index (Phi) is 5.13. The molecule has 0 aliphatic carbocycles. The fourth-order valence-corrected chi connectivity index (χ4v) is 2.35. The topological polar surface area (TPSA) is 98.8 Å². The van der Waals surface area contributed by atoms with Gasteiger partial charge in [-0.15, -0.1) is 0 Å². The van der Waals surface area contributed by atoms with Crippen molar-refractivity contribution in [3.05, 3.63) is 11.5 Å². The Morgan fingerprint density at radius 1 is 1.38 bits per heavy atom. The zero-order chi connectivity index (χ0) is 15.2. The van der Waals surface area contributed by atoms with Gasteiger partial charge < -0.3 is 20.0 Å². The SMILES string of the molecule is CC(=O)NC[C@H]1C(=O)N2C(C(=O)[O-])=C(C(C)(C)C)O[C@H]12.[Na+]. The molecule has 21 heavy (non-hydrogen) atoms. The zero-order valence-electron chi connectivity index (χ0n) is 12.9. The molecule has 110 valence electrons. The van der Waals surface area contributed by atoms with Crippen molar-refractivity contribution in [2.75, 3.05) is 6.54 Å². The molecule has 2 rings (SSSR count). The van der Waals surface area contributed by atoms with Crippen molar-refractivity contribution >= 4 is 17.8 Å². The number of amides is 2. The number of fused-ring (bicyclic) bond motifs is 1. The van der Waals surface area contributed by atoms with Crippen LogP contribution in [0.2, 0.25) is 0 Å². The molecule has 1 saturated heterocycles. The molecule has 0 aromatic carbocycles. The van der Waals surface area contributed by atoms with Crippen LogP contribution in [0.1, 0.15) is 27.7 Å². The number of nitrogens with one attached hydrogen (secondary N) is 1. The number of aliphatic carboxylic acids is 1. The quantitative estimate of drug-likeness (QED) is 0.423. The number of carboxylic acids is 1. The van der Waals surface area contributed by atoms with Crippen LogP contribution in [0.4, 0.5) is 0 Å². The number of ether oxygens (including phenoxy) is 1. The summed E-state index contributed by atoms with van der Waals surface area (Å²) >= 11 is 0. The van der Waals surface area contributed by atoms with Crippen LogP contribution in [-0.4, -0.2) is 35.5 Å². The predicted octanol–water partition coefficient (Wildman–Crippen LogP) is -4.05. The van der Waals surface area contributed by atoms with Gasteiger partial charge in [0.1, 0.15) is 17.4 Å². The van der Waals surface area contributed by atoms with E-state index in [1.165, 1.54) is 6.92 Å². The summed E-state index contributed by atoms with van der Waals surface area (Å²) in [4.78, 5) is 35.3. The first-order chi connectivity index (χ1) is 9.14. The maximum atomic E-state index is 12.0. The molecule has 0 saturated carbocycles. The molecule has 0 bridgehead atoms. The van der Waals surface area contributed by atoms with Gasteiger partial charge in [-0.2, -0.15) is 0 Å². The first kappa shape index (κ1) is 18.0. The first-order valence-corrected chi connectivity index (χ1v) is 6.35. The van der Waals surface area contributed by atoms with Gasteiger partial charge in [0.2, 0.25) is 11.8 Å². The number of rotatable bonds is 3. The van der Waals surface area contributed by atoms with E-state index in [-0.39, 0.29) is 59.4 Å². The second-order valence-corrected chi connectivity index (χ2v) is 5.98. The van der Waals surface area contributed by atoms with E-state index in [1.807, 2.05) is 0 Å². The van der Waals surface area contributed by atoms with Crippen molar-refractivity contribution in [2.24, 2.45) is 11.3 Å². The van der Waals surface area contributed by atoms with Gasteiger partial charge >= 0.3 is 29.6 Å². The molecule has 1 fully saturated rings. The van der Waals surface area contributed by atoms with Gasteiger partial charge in [0, 0.05) is 18.9 Å². The van der Waals surface area contributed by atoms with Crippen molar-refractivity contribution in [1.82, 2.24) is 10.2 Å². The Balaban J connectivity index is 0.00000220. The third-order valence-corrected chi connectivity index (χ3v) is 3.29. The Bertz CT molecular complexity index is 523. The van der Waals surface area contributed by atoms with Crippen LogP contribution in [-0.2, 0) is 19.1 Å². The molecule has 0 unspecified atom stereocenters. The molecule has 2 atom stereocenters. The Morgan fingerprint density at radius 3 is 2.38 bits per heavy atom. The van der Waals surface area contributed by atoms with Crippen LogP contribution < -0.4 is 40.0 Å². The summed E-state index contributed by atoms with van der Waals surface area (Å²) in [5, 5.41) is 13.8. The van der Waals surface area contributed by atoms with Crippen molar-refractivity contribution in [1.29, 1.82) is 0 Å². The summed E-state index contributed by atoms with van der Waals surface area (Å²) in [5.41, 5.74) is -0.752. The van der Waals surface area contributed by atoms with Crippen LogP contribution in [0.5, 0.6) is 0 Å². The number of hydrogen-bond donors (Lipinski definition) is 1. The van der Waals surface area contributed by atoms with Crippen molar-refractivity contribution in [2.45, 2.75) is 33.9 Å². The fraction of sp³-hybridized carbons (Fsp3) is 0.615. The predicted molar refractivity (Wildman–Crippen MR) is 65.4 cm³/mol. The number of carbonyl (C=O) groups excluding carboxylic acids is 3. The third kappa shape index (κ3) is 3.09. The largest absolute Gasteiger partial charge is 1.00 e. The summed E-state index contributed by atoms with van der Waals surface area (Å²) in [6, 6.07) is 0. The molecule has 0 spiro atoms. The maximum Gasteiger partial charge on any atom is 1.00 e. The van der Waals surface area contributed by atoms with E-state index >= 15 is 0 Å². The number of hydrogen-bond acceptors (Lipinski definition) is 5. The van der Waals surface area contributed by atoms with E-state index in [4.69, 9.17) is 4.74 Å². The number of carboxylic acid groups (broad SMARTS) is 1. The second-order valence-electron chi connectivity index (χ2n) is 5.98. The molecule has 8 heteroatoms. The van der Waals surface area contributed by atoms with E-state index in [0.29, 0.717) is 0 Å². The van der Waals surface area contributed by atoms with Crippen molar-refractivity contribution in [3.8, 4) is 0 Å². The van der Waals surface area contributed by atoms with Gasteiger partial charge in [0.15, 0.2) is 6.23 Å². The van der Waals surface area contributed by atoms with Gasteiger partial charge in [-0.3, -0.25) is 14.5 Å². The molecule has 0 aromatic heterocycles. The fourth-order valence-electron chi connectivity index (χ4n) is 2.35. The average Bonchev–Trinajstić information content (AvgIpc) is 2.64.